The number of rotatable bonds is 2. The third-order valence-corrected chi connectivity index (χ3v) is 4.51. The van der Waals surface area contributed by atoms with Crippen LogP contribution in [0.3, 0.4) is 0 Å². The van der Waals surface area contributed by atoms with Gasteiger partial charge in [-0.3, -0.25) is 0 Å². The van der Waals surface area contributed by atoms with Gasteiger partial charge >= 0.3 is 0 Å². The van der Waals surface area contributed by atoms with Crippen LogP contribution in [0.1, 0.15) is 12.5 Å². The van der Waals surface area contributed by atoms with Crippen LogP contribution in [0.25, 0.3) is 10.8 Å². The molecule has 2 aromatic heterocycles. The van der Waals surface area contributed by atoms with Crippen LogP contribution in [0, 0.1) is 0 Å². The number of hydrogen-bond donors (Lipinski definition) is 0. The molecule has 0 bridgehead atoms. The summed E-state index contributed by atoms with van der Waals surface area (Å²) in [6.45, 7) is 0. The first-order valence-corrected chi connectivity index (χ1v) is 6.99. The Morgan fingerprint density at radius 3 is 3.07 bits per heavy atom. The molecule has 3 rings (SSSR count). The minimum absolute atomic E-state index is 0.608. The third kappa shape index (κ3) is 1.70. The van der Waals surface area contributed by atoms with Crippen molar-refractivity contribution in [2.45, 2.75) is 12.5 Å². The molecule has 0 saturated carbocycles. The normalized spacial score (nSPS) is 20.9. The Kier molecular flexibility index (Phi) is 2.50. The molecule has 1 aliphatic rings. The summed E-state index contributed by atoms with van der Waals surface area (Å²) in [4.78, 5) is 8.72. The lowest BCUT2D eigenvalue weighted by atomic mass is 10.2. The van der Waals surface area contributed by atoms with Gasteiger partial charge in [-0.05, 0) is 12.2 Å². The molecular weight excluding hydrogens is 226 g/mol. The smallest absolute Gasteiger partial charge is 0.169 e. The van der Waals surface area contributed by atoms with Crippen molar-refractivity contribution in [1.29, 1.82) is 0 Å². The van der Waals surface area contributed by atoms with Crippen molar-refractivity contribution in [2.75, 3.05) is 11.5 Å². The molecular formula is C10H11N3S2. The van der Waals surface area contributed by atoms with Gasteiger partial charge in [0.1, 0.15) is 0 Å². The van der Waals surface area contributed by atoms with E-state index in [1.807, 2.05) is 29.5 Å². The maximum atomic E-state index is 4.40. The highest BCUT2D eigenvalue weighted by atomic mass is 32.2. The van der Waals surface area contributed by atoms with Crippen LogP contribution in [0.4, 0.5) is 0 Å². The number of hydrogen-bond acceptors (Lipinski definition) is 4. The van der Waals surface area contributed by atoms with Crippen LogP contribution >= 0.6 is 23.1 Å². The summed E-state index contributed by atoms with van der Waals surface area (Å²) in [5.41, 5.74) is 0. The Bertz CT molecular complexity index is 429. The van der Waals surface area contributed by atoms with Crippen molar-refractivity contribution < 1.29 is 0 Å². The lowest BCUT2D eigenvalue weighted by Crippen LogP contribution is -2.08. The molecule has 0 radical (unpaired) electrons. The van der Waals surface area contributed by atoms with Crippen LogP contribution < -0.4 is 0 Å². The van der Waals surface area contributed by atoms with E-state index in [0.717, 1.165) is 10.8 Å². The van der Waals surface area contributed by atoms with E-state index < -0.39 is 0 Å². The number of nitrogens with zero attached hydrogens (tertiary/aromatic N) is 3. The summed E-state index contributed by atoms with van der Waals surface area (Å²) in [5, 5.41) is 3.02. The molecule has 0 aromatic carbocycles. The van der Waals surface area contributed by atoms with Crippen molar-refractivity contribution in [3.8, 4) is 10.8 Å². The summed E-state index contributed by atoms with van der Waals surface area (Å²) in [5.74, 6) is 3.49. The minimum Gasteiger partial charge on any atom is -0.325 e. The Morgan fingerprint density at radius 2 is 2.33 bits per heavy atom. The second-order valence-corrected chi connectivity index (χ2v) is 5.56. The highest BCUT2D eigenvalue weighted by Gasteiger charge is 2.20. The van der Waals surface area contributed by atoms with Gasteiger partial charge < -0.3 is 4.57 Å². The van der Waals surface area contributed by atoms with E-state index >= 15 is 0 Å². The molecule has 0 amide bonds. The van der Waals surface area contributed by atoms with Gasteiger partial charge in [-0.1, -0.05) is 0 Å². The highest BCUT2D eigenvalue weighted by molar-refractivity contribution is 7.99. The highest BCUT2D eigenvalue weighted by Crippen LogP contribution is 2.31. The number of imidazole rings is 1. The number of thioether (sulfide) groups is 1. The lowest BCUT2D eigenvalue weighted by Gasteiger charge is -2.12. The fraction of sp³-hybridized carbons (Fsp3) is 0.400. The zero-order valence-corrected chi connectivity index (χ0v) is 9.80. The summed E-state index contributed by atoms with van der Waals surface area (Å²) in [7, 11) is 0. The van der Waals surface area contributed by atoms with Crippen LogP contribution in [0.5, 0.6) is 0 Å². The van der Waals surface area contributed by atoms with Crippen LogP contribution in [0.2, 0.25) is 0 Å². The molecule has 5 heteroatoms. The quantitative estimate of drug-likeness (QED) is 0.804. The lowest BCUT2D eigenvalue weighted by molar-refractivity contribution is 0.565. The van der Waals surface area contributed by atoms with Crippen molar-refractivity contribution >= 4 is 23.1 Å². The summed E-state index contributed by atoms with van der Waals surface area (Å²) in [6.07, 6.45) is 7.04. The first-order chi connectivity index (χ1) is 7.45. The standard InChI is InChI=1S/C10H11N3S2/c1-5-14-7-8(1)13-4-2-11-9(13)10-12-3-6-15-10/h2-4,6,8H,1,5,7H2. The third-order valence-electron chi connectivity index (χ3n) is 2.59. The second kappa shape index (κ2) is 3.98. The maximum absolute atomic E-state index is 4.40. The van der Waals surface area contributed by atoms with E-state index in [1.165, 1.54) is 17.9 Å². The van der Waals surface area contributed by atoms with Crippen LogP contribution in [0.15, 0.2) is 24.0 Å². The average molecular weight is 237 g/mol. The molecule has 1 saturated heterocycles. The van der Waals surface area contributed by atoms with Gasteiger partial charge in [0, 0.05) is 35.8 Å². The molecule has 0 N–H and O–H groups in total. The van der Waals surface area contributed by atoms with Crippen molar-refractivity contribution in [1.82, 2.24) is 14.5 Å². The van der Waals surface area contributed by atoms with Crippen LogP contribution in [-0.4, -0.2) is 26.0 Å². The zero-order valence-electron chi connectivity index (χ0n) is 8.17. The Morgan fingerprint density at radius 1 is 1.33 bits per heavy atom. The van der Waals surface area contributed by atoms with Crippen LogP contribution in [-0.2, 0) is 0 Å². The Hall–Kier alpha value is -0.810. The molecule has 0 aliphatic carbocycles. The predicted octanol–water partition coefficient (Wildman–Crippen LogP) is 2.68. The fourth-order valence-electron chi connectivity index (χ4n) is 1.85. The molecule has 2 aromatic rings. The maximum Gasteiger partial charge on any atom is 0.169 e. The topological polar surface area (TPSA) is 30.7 Å². The monoisotopic (exact) mass is 237 g/mol. The molecule has 78 valence electrons. The largest absolute Gasteiger partial charge is 0.325 e. The molecule has 3 nitrogen and oxygen atoms in total. The van der Waals surface area contributed by atoms with Gasteiger partial charge in [-0.2, -0.15) is 11.8 Å². The van der Waals surface area contributed by atoms with Crippen molar-refractivity contribution in [3.63, 3.8) is 0 Å². The van der Waals surface area contributed by atoms with Gasteiger partial charge in [0.15, 0.2) is 10.8 Å². The van der Waals surface area contributed by atoms with E-state index in [1.54, 1.807) is 11.3 Å². The Labute approximate surface area is 96.6 Å². The summed E-state index contributed by atoms with van der Waals surface area (Å²) >= 11 is 3.67. The average Bonchev–Trinajstić information content (AvgIpc) is 3.01. The Balaban J connectivity index is 1.98. The summed E-state index contributed by atoms with van der Waals surface area (Å²) in [6, 6.07) is 0.608. The van der Waals surface area contributed by atoms with Gasteiger partial charge in [-0.15, -0.1) is 11.3 Å². The number of thiazole rings is 1. The van der Waals surface area contributed by atoms with Crippen molar-refractivity contribution in [3.05, 3.63) is 24.0 Å². The fourth-order valence-corrected chi connectivity index (χ4v) is 3.69. The molecule has 1 fully saturated rings. The second-order valence-electron chi connectivity index (χ2n) is 3.51. The first kappa shape index (κ1) is 9.42. The summed E-state index contributed by atoms with van der Waals surface area (Å²) < 4.78 is 2.28. The van der Waals surface area contributed by atoms with E-state index in [9.17, 15) is 0 Å². The SMILES string of the molecule is c1csc(-c2nccn2C2CCSC2)n1. The van der Waals surface area contributed by atoms with Gasteiger partial charge in [-0.25, -0.2) is 9.97 Å². The van der Waals surface area contributed by atoms with E-state index in [4.69, 9.17) is 0 Å². The van der Waals surface area contributed by atoms with Gasteiger partial charge in [0.05, 0.1) is 0 Å². The first-order valence-electron chi connectivity index (χ1n) is 4.95. The van der Waals surface area contributed by atoms with E-state index in [0.29, 0.717) is 6.04 Å². The van der Waals surface area contributed by atoms with Gasteiger partial charge in [0.2, 0.25) is 0 Å². The zero-order chi connectivity index (χ0) is 10.1. The van der Waals surface area contributed by atoms with E-state index in [2.05, 4.69) is 20.7 Å². The number of aromatic nitrogens is 3. The molecule has 1 atom stereocenters. The minimum atomic E-state index is 0.608. The molecule has 1 aliphatic heterocycles. The van der Waals surface area contributed by atoms with E-state index in [-0.39, 0.29) is 0 Å². The molecule has 0 spiro atoms. The van der Waals surface area contributed by atoms with Gasteiger partial charge in [0.25, 0.3) is 0 Å². The van der Waals surface area contributed by atoms with Crippen molar-refractivity contribution in [2.24, 2.45) is 0 Å². The predicted molar refractivity (Wildman–Crippen MR) is 64.3 cm³/mol. The molecule has 3 heterocycles. The molecule has 1 unspecified atom stereocenters. The molecule has 15 heavy (non-hydrogen) atoms.